The maximum atomic E-state index is 11.9. The number of aliphatic hydroxyl groups excluding tert-OH is 2. The van der Waals surface area contributed by atoms with E-state index in [9.17, 15) is 4.79 Å². The van der Waals surface area contributed by atoms with Crippen molar-refractivity contribution in [2.45, 2.75) is 12.5 Å². The maximum absolute atomic E-state index is 11.9. The molecule has 0 spiro atoms. The third kappa shape index (κ3) is 3.12. The number of carbonyl (C=O) groups is 1. The number of nitrogens with two attached hydrogens (primary N) is 1. The van der Waals surface area contributed by atoms with Crippen molar-refractivity contribution in [1.82, 2.24) is 5.32 Å². The van der Waals surface area contributed by atoms with Gasteiger partial charge in [-0.3, -0.25) is 4.79 Å². The summed E-state index contributed by atoms with van der Waals surface area (Å²) in [6, 6.07) is 4.61. The lowest BCUT2D eigenvalue weighted by molar-refractivity contribution is 0.0724. The molecule has 0 saturated carbocycles. The van der Waals surface area contributed by atoms with Crippen molar-refractivity contribution < 1.29 is 19.7 Å². The quantitative estimate of drug-likeness (QED) is 0.542. The molecule has 0 atom stereocenters. The van der Waals surface area contributed by atoms with Gasteiger partial charge in [0.05, 0.1) is 31.5 Å². The van der Waals surface area contributed by atoms with Crippen LogP contribution in [0.2, 0.25) is 0 Å². The average Bonchev–Trinajstić information content (AvgIpc) is 2.38. The van der Waals surface area contributed by atoms with Gasteiger partial charge in [-0.1, -0.05) is 0 Å². The van der Waals surface area contributed by atoms with Gasteiger partial charge in [-0.2, -0.15) is 0 Å². The molecule has 6 nitrogen and oxygen atoms in total. The van der Waals surface area contributed by atoms with Crippen LogP contribution in [0.25, 0.3) is 0 Å². The molecule has 1 aromatic carbocycles. The van der Waals surface area contributed by atoms with Gasteiger partial charge in [0.1, 0.15) is 5.75 Å². The highest BCUT2D eigenvalue weighted by molar-refractivity contribution is 5.96. The molecule has 1 amide bonds. The largest absolute Gasteiger partial charge is 0.495 e. The number of hydrogen-bond acceptors (Lipinski definition) is 5. The molecule has 0 aromatic heterocycles. The fraction of sp³-hybridized carbons (Fsp3) is 0.417. The highest BCUT2D eigenvalue weighted by Crippen LogP contribution is 2.22. The van der Waals surface area contributed by atoms with E-state index in [1.54, 1.807) is 12.1 Å². The highest BCUT2D eigenvalue weighted by Gasteiger charge is 2.25. The van der Waals surface area contributed by atoms with Gasteiger partial charge in [-0.05, 0) is 25.1 Å². The standard InChI is InChI=1S/C12H18N2O4/c1-12(6-15,7-16)14-11(17)8-3-4-10(18-2)9(13)5-8/h3-5,15-16H,6-7,13H2,1-2H3,(H,14,17). The van der Waals surface area contributed by atoms with Crippen molar-refractivity contribution in [1.29, 1.82) is 0 Å². The summed E-state index contributed by atoms with van der Waals surface area (Å²) < 4.78 is 4.99. The van der Waals surface area contributed by atoms with Gasteiger partial charge in [-0.15, -0.1) is 0 Å². The lowest BCUT2D eigenvalue weighted by atomic mass is 10.0. The number of rotatable bonds is 5. The summed E-state index contributed by atoms with van der Waals surface area (Å²) in [5, 5.41) is 20.7. The summed E-state index contributed by atoms with van der Waals surface area (Å²) in [5.41, 5.74) is 5.31. The third-order valence-corrected chi connectivity index (χ3v) is 2.61. The third-order valence-electron chi connectivity index (χ3n) is 2.61. The van der Waals surface area contributed by atoms with E-state index in [1.165, 1.54) is 20.1 Å². The van der Waals surface area contributed by atoms with Crippen molar-refractivity contribution in [2.24, 2.45) is 0 Å². The first kappa shape index (κ1) is 14.3. The van der Waals surface area contributed by atoms with Gasteiger partial charge in [0.2, 0.25) is 0 Å². The molecule has 1 rings (SSSR count). The highest BCUT2D eigenvalue weighted by atomic mass is 16.5. The number of benzene rings is 1. The van der Waals surface area contributed by atoms with E-state index in [2.05, 4.69) is 5.32 Å². The van der Waals surface area contributed by atoms with Gasteiger partial charge in [0.25, 0.3) is 5.91 Å². The normalized spacial score (nSPS) is 11.1. The zero-order valence-electron chi connectivity index (χ0n) is 10.4. The van der Waals surface area contributed by atoms with Crippen LogP contribution in [0.3, 0.4) is 0 Å². The fourth-order valence-electron chi connectivity index (χ4n) is 1.35. The zero-order chi connectivity index (χ0) is 13.8. The van der Waals surface area contributed by atoms with Crippen molar-refractivity contribution >= 4 is 11.6 Å². The lowest BCUT2D eigenvalue weighted by Crippen LogP contribution is -2.51. The number of hydrogen-bond donors (Lipinski definition) is 4. The topological polar surface area (TPSA) is 105 Å². The SMILES string of the molecule is COc1ccc(C(=O)NC(C)(CO)CO)cc1N. The second-order valence-electron chi connectivity index (χ2n) is 4.29. The molecule has 0 heterocycles. The van der Waals surface area contributed by atoms with Crippen LogP contribution >= 0.6 is 0 Å². The van der Waals surface area contributed by atoms with Crippen molar-refractivity contribution in [3.63, 3.8) is 0 Å². The molecule has 100 valence electrons. The Hall–Kier alpha value is -1.79. The van der Waals surface area contributed by atoms with E-state index in [0.717, 1.165) is 0 Å². The Balaban J connectivity index is 2.88. The van der Waals surface area contributed by atoms with E-state index in [-0.39, 0.29) is 13.2 Å². The van der Waals surface area contributed by atoms with Crippen LogP contribution in [0, 0.1) is 0 Å². The predicted octanol–water partition coefficient (Wildman–Crippen LogP) is -0.250. The van der Waals surface area contributed by atoms with Gasteiger partial charge in [-0.25, -0.2) is 0 Å². The van der Waals surface area contributed by atoms with Crippen LogP contribution in [-0.2, 0) is 0 Å². The smallest absolute Gasteiger partial charge is 0.251 e. The molecule has 0 radical (unpaired) electrons. The van der Waals surface area contributed by atoms with E-state index < -0.39 is 11.4 Å². The Morgan fingerprint density at radius 3 is 2.50 bits per heavy atom. The Bertz CT molecular complexity index is 430. The van der Waals surface area contributed by atoms with Crippen LogP contribution in [-0.4, -0.2) is 42.0 Å². The molecule has 0 aliphatic rings. The van der Waals surface area contributed by atoms with Gasteiger partial charge >= 0.3 is 0 Å². The molecule has 0 fully saturated rings. The van der Waals surface area contributed by atoms with Crippen LogP contribution in [0.1, 0.15) is 17.3 Å². The summed E-state index contributed by atoms with van der Waals surface area (Å²) in [5.74, 6) is 0.0635. The average molecular weight is 254 g/mol. The van der Waals surface area contributed by atoms with E-state index >= 15 is 0 Å². The van der Waals surface area contributed by atoms with E-state index in [1.807, 2.05) is 0 Å². The molecular formula is C12H18N2O4. The van der Waals surface area contributed by atoms with Crippen LogP contribution in [0.4, 0.5) is 5.69 Å². The predicted molar refractivity (Wildman–Crippen MR) is 67.4 cm³/mol. The Kier molecular flexibility index (Phi) is 4.52. The number of aliphatic hydroxyl groups is 2. The Labute approximate surface area is 105 Å². The first-order chi connectivity index (χ1) is 8.45. The second-order valence-corrected chi connectivity index (χ2v) is 4.29. The first-order valence-electron chi connectivity index (χ1n) is 5.43. The molecule has 0 aliphatic carbocycles. The Morgan fingerprint density at radius 1 is 1.44 bits per heavy atom. The molecule has 0 aliphatic heterocycles. The number of amides is 1. The van der Waals surface area contributed by atoms with Crippen LogP contribution in [0.5, 0.6) is 5.75 Å². The van der Waals surface area contributed by atoms with E-state index in [0.29, 0.717) is 17.0 Å². The maximum Gasteiger partial charge on any atom is 0.251 e. The number of carbonyl (C=O) groups excluding carboxylic acids is 1. The monoisotopic (exact) mass is 254 g/mol. The molecule has 0 saturated heterocycles. The minimum Gasteiger partial charge on any atom is -0.495 e. The van der Waals surface area contributed by atoms with Crippen molar-refractivity contribution in [3.8, 4) is 5.75 Å². The lowest BCUT2D eigenvalue weighted by Gasteiger charge is -2.26. The molecule has 0 bridgehead atoms. The minimum absolute atomic E-state index is 0.335. The number of ether oxygens (including phenoxy) is 1. The first-order valence-corrected chi connectivity index (χ1v) is 5.43. The number of anilines is 1. The van der Waals surface area contributed by atoms with Gasteiger partial charge in [0, 0.05) is 5.56 Å². The molecule has 6 heteroatoms. The van der Waals surface area contributed by atoms with Crippen molar-refractivity contribution in [3.05, 3.63) is 23.8 Å². The molecular weight excluding hydrogens is 236 g/mol. The number of methoxy groups -OCH3 is 1. The van der Waals surface area contributed by atoms with E-state index in [4.69, 9.17) is 20.7 Å². The van der Waals surface area contributed by atoms with Gasteiger partial charge < -0.3 is 26.0 Å². The number of nitrogens with one attached hydrogen (secondary N) is 1. The summed E-state index contributed by atoms with van der Waals surface area (Å²) in [7, 11) is 1.49. The van der Waals surface area contributed by atoms with Crippen LogP contribution < -0.4 is 15.8 Å². The van der Waals surface area contributed by atoms with Crippen molar-refractivity contribution in [2.75, 3.05) is 26.1 Å². The zero-order valence-corrected chi connectivity index (χ0v) is 10.4. The summed E-state index contributed by atoms with van der Waals surface area (Å²) in [6.07, 6.45) is 0. The molecule has 18 heavy (non-hydrogen) atoms. The molecule has 5 N–H and O–H groups in total. The van der Waals surface area contributed by atoms with Crippen LogP contribution in [0.15, 0.2) is 18.2 Å². The van der Waals surface area contributed by atoms with Gasteiger partial charge in [0.15, 0.2) is 0 Å². The Morgan fingerprint density at radius 2 is 2.06 bits per heavy atom. The molecule has 1 aromatic rings. The summed E-state index contributed by atoms with van der Waals surface area (Å²) in [4.78, 5) is 11.9. The summed E-state index contributed by atoms with van der Waals surface area (Å²) in [6.45, 7) is 0.819. The molecule has 0 unspecified atom stereocenters. The second kappa shape index (κ2) is 5.70. The fourth-order valence-corrected chi connectivity index (χ4v) is 1.35. The summed E-state index contributed by atoms with van der Waals surface area (Å²) >= 11 is 0. The number of nitrogen functional groups attached to an aromatic ring is 1. The minimum atomic E-state index is -1.06.